The Morgan fingerprint density at radius 3 is 1.21 bits per heavy atom. The molecule has 0 saturated heterocycles. The van der Waals surface area contributed by atoms with Gasteiger partial charge in [0.15, 0.2) is 0 Å². The zero-order valence-corrected chi connectivity index (χ0v) is 31.4. The second kappa shape index (κ2) is 15.6. The molecule has 0 unspecified atom stereocenters. The quantitative estimate of drug-likeness (QED) is 0.0920. The van der Waals surface area contributed by atoms with E-state index in [9.17, 15) is 0 Å². The van der Waals surface area contributed by atoms with Crippen molar-refractivity contribution >= 4 is 43.1 Å². The molecular formula is C50H40N2O4. The van der Waals surface area contributed by atoms with E-state index in [0.29, 0.717) is 37.9 Å². The van der Waals surface area contributed by atoms with Gasteiger partial charge in [-0.2, -0.15) is 0 Å². The maximum atomic E-state index is 6.82. The van der Waals surface area contributed by atoms with Gasteiger partial charge in [0, 0.05) is 67.3 Å². The summed E-state index contributed by atoms with van der Waals surface area (Å²) in [6, 6.07) is 47.2. The number of nitrogens with zero attached hydrogens (tertiary/aromatic N) is 2. The molecule has 0 fully saturated rings. The molecule has 0 aliphatic carbocycles. The largest absolute Gasteiger partial charge is 0.491 e. The molecule has 6 nitrogen and oxygen atoms in total. The minimum atomic E-state index is 0.357. The van der Waals surface area contributed by atoms with Gasteiger partial charge in [0.05, 0.1) is 13.2 Å². The highest BCUT2D eigenvalue weighted by molar-refractivity contribution is 6.26. The second-order valence-corrected chi connectivity index (χ2v) is 13.7. The highest BCUT2D eigenvalue weighted by atomic mass is 16.5. The van der Waals surface area contributed by atoms with E-state index in [1.807, 2.05) is 43.0 Å². The minimum absolute atomic E-state index is 0.357. The van der Waals surface area contributed by atoms with Gasteiger partial charge >= 0.3 is 0 Å². The molecular weight excluding hydrogens is 693 g/mol. The highest BCUT2D eigenvalue weighted by Gasteiger charge is 2.26. The fourth-order valence-corrected chi connectivity index (χ4v) is 8.18. The lowest BCUT2D eigenvalue weighted by molar-refractivity contribution is 0.142. The number of ether oxygens (including phenoxy) is 4. The van der Waals surface area contributed by atoms with Gasteiger partial charge in [-0.05, 0) is 83.5 Å². The van der Waals surface area contributed by atoms with E-state index in [2.05, 4.69) is 125 Å². The third-order valence-corrected chi connectivity index (χ3v) is 10.5. The Morgan fingerprint density at radius 2 is 0.804 bits per heavy atom. The van der Waals surface area contributed by atoms with E-state index in [1.165, 1.54) is 0 Å². The van der Waals surface area contributed by atoms with Crippen molar-refractivity contribution in [3.63, 3.8) is 0 Å². The Balaban J connectivity index is 1.47. The Labute approximate surface area is 325 Å². The summed E-state index contributed by atoms with van der Waals surface area (Å²) >= 11 is 0. The molecule has 0 spiro atoms. The summed E-state index contributed by atoms with van der Waals surface area (Å²) in [7, 11) is 3.38. The van der Waals surface area contributed by atoms with Crippen molar-refractivity contribution in [2.75, 3.05) is 40.6 Å². The van der Waals surface area contributed by atoms with Gasteiger partial charge in [0.2, 0.25) is 0 Å². The summed E-state index contributed by atoms with van der Waals surface area (Å²) < 4.78 is 24.2. The monoisotopic (exact) mass is 732 g/mol. The maximum absolute atomic E-state index is 6.82. The molecule has 7 aromatic carbocycles. The van der Waals surface area contributed by atoms with Crippen LogP contribution in [0.1, 0.15) is 0 Å². The van der Waals surface area contributed by atoms with Crippen molar-refractivity contribution in [1.82, 2.24) is 9.97 Å². The Hall–Kier alpha value is -6.60. The van der Waals surface area contributed by atoms with E-state index >= 15 is 0 Å². The lowest BCUT2D eigenvalue weighted by atomic mass is 9.80. The van der Waals surface area contributed by atoms with Crippen LogP contribution >= 0.6 is 0 Å². The van der Waals surface area contributed by atoms with Gasteiger partial charge in [0.25, 0.3) is 0 Å². The zero-order valence-electron chi connectivity index (χ0n) is 31.4. The standard InChI is InChI=1S/C50H40N2O4/c1-53-25-27-55-35-29-44(48-40-19-7-3-15-36(40)46(33-13-11-23-51-31-33)37-16-4-8-20-41(37)48)50(45(30-35)56-28-26-54-2)49-42-21-9-5-17-38(42)47(34-14-12-24-52-32-34)39-18-6-10-22-43(39)49/h3-24,29-32H,25-28H2,1-2H3. The zero-order chi connectivity index (χ0) is 37.8. The van der Waals surface area contributed by atoms with E-state index < -0.39 is 0 Å². The third kappa shape index (κ3) is 6.29. The van der Waals surface area contributed by atoms with Gasteiger partial charge in [-0.25, -0.2) is 0 Å². The lowest BCUT2D eigenvalue weighted by Crippen LogP contribution is -2.08. The second-order valence-electron chi connectivity index (χ2n) is 13.7. The van der Waals surface area contributed by atoms with Gasteiger partial charge < -0.3 is 18.9 Å². The maximum Gasteiger partial charge on any atom is 0.131 e. The first kappa shape index (κ1) is 35.1. The van der Waals surface area contributed by atoms with Crippen molar-refractivity contribution in [3.05, 3.63) is 158 Å². The average Bonchev–Trinajstić information content (AvgIpc) is 3.25. The highest BCUT2D eigenvalue weighted by Crippen LogP contribution is 2.53. The van der Waals surface area contributed by atoms with Crippen LogP contribution in [0, 0.1) is 0 Å². The summed E-state index contributed by atoms with van der Waals surface area (Å²) in [6.07, 6.45) is 7.55. The first-order valence-corrected chi connectivity index (χ1v) is 18.9. The molecule has 2 aromatic heterocycles. The summed E-state index contributed by atoms with van der Waals surface area (Å²) in [6.45, 7) is 1.62. The van der Waals surface area contributed by atoms with Crippen molar-refractivity contribution in [1.29, 1.82) is 0 Å². The fourth-order valence-electron chi connectivity index (χ4n) is 8.18. The minimum Gasteiger partial charge on any atom is -0.491 e. The van der Waals surface area contributed by atoms with Gasteiger partial charge in [0.1, 0.15) is 24.7 Å². The van der Waals surface area contributed by atoms with Crippen LogP contribution in [0.25, 0.3) is 87.6 Å². The molecule has 0 saturated carbocycles. The molecule has 0 bridgehead atoms. The number of pyridine rings is 2. The molecule has 274 valence electrons. The summed E-state index contributed by atoms with van der Waals surface area (Å²) in [5, 5.41) is 8.97. The molecule has 9 aromatic rings. The summed E-state index contributed by atoms with van der Waals surface area (Å²) in [4.78, 5) is 9.07. The van der Waals surface area contributed by atoms with Gasteiger partial charge in [-0.15, -0.1) is 0 Å². The van der Waals surface area contributed by atoms with Crippen LogP contribution in [-0.2, 0) is 9.47 Å². The first-order valence-electron chi connectivity index (χ1n) is 18.9. The topological polar surface area (TPSA) is 62.7 Å². The predicted octanol–water partition coefficient (Wildman–Crippen LogP) is 11.8. The number of benzene rings is 7. The van der Waals surface area contributed by atoms with E-state index in [-0.39, 0.29) is 0 Å². The van der Waals surface area contributed by atoms with Gasteiger partial charge in [-0.3, -0.25) is 9.97 Å². The van der Waals surface area contributed by atoms with Crippen molar-refractivity contribution < 1.29 is 18.9 Å². The molecule has 0 amide bonds. The summed E-state index contributed by atoms with van der Waals surface area (Å²) in [5.41, 5.74) is 8.58. The van der Waals surface area contributed by atoms with Crippen LogP contribution in [0.2, 0.25) is 0 Å². The number of hydrogen-bond donors (Lipinski definition) is 0. The molecule has 56 heavy (non-hydrogen) atoms. The lowest BCUT2D eigenvalue weighted by Gasteiger charge is -2.25. The number of aromatic nitrogens is 2. The van der Waals surface area contributed by atoms with Crippen LogP contribution < -0.4 is 9.47 Å². The molecule has 0 N–H and O–H groups in total. The van der Waals surface area contributed by atoms with E-state index in [1.54, 1.807) is 14.2 Å². The molecule has 0 atom stereocenters. The number of rotatable bonds is 12. The van der Waals surface area contributed by atoms with Crippen LogP contribution in [-0.4, -0.2) is 50.6 Å². The fraction of sp³-hybridized carbons (Fsp3) is 0.120. The van der Waals surface area contributed by atoms with E-state index in [0.717, 1.165) is 87.6 Å². The van der Waals surface area contributed by atoms with Crippen LogP contribution in [0.3, 0.4) is 0 Å². The van der Waals surface area contributed by atoms with Crippen molar-refractivity contribution in [3.8, 4) is 56.0 Å². The SMILES string of the molecule is COCCOc1cc(OCCOC)c(-c2c3ccccc3c(-c3cccnc3)c3ccccc23)c(-c2c3ccccc3c(-c3cccnc3)c3ccccc23)c1. The van der Waals surface area contributed by atoms with Crippen LogP contribution in [0.4, 0.5) is 0 Å². The molecule has 0 aliphatic rings. The van der Waals surface area contributed by atoms with Crippen LogP contribution in [0.5, 0.6) is 11.5 Å². The predicted molar refractivity (Wildman–Crippen MR) is 229 cm³/mol. The Bertz CT molecular complexity index is 2730. The first-order chi connectivity index (χ1) is 27.8. The third-order valence-electron chi connectivity index (χ3n) is 10.5. The van der Waals surface area contributed by atoms with Gasteiger partial charge in [-0.1, -0.05) is 109 Å². The average molecular weight is 733 g/mol. The normalized spacial score (nSPS) is 11.5. The molecule has 6 heteroatoms. The smallest absolute Gasteiger partial charge is 0.131 e. The molecule has 0 radical (unpaired) electrons. The Kier molecular flexibility index (Phi) is 9.81. The molecule has 2 heterocycles. The Morgan fingerprint density at radius 1 is 0.393 bits per heavy atom. The van der Waals surface area contributed by atoms with Crippen molar-refractivity contribution in [2.45, 2.75) is 0 Å². The number of methoxy groups -OCH3 is 2. The molecule has 9 rings (SSSR count). The molecule has 0 aliphatic heterocycles. The number of fused-ring (bicyclic) bond motifs is 4. The van der Waals surface area contributed by atoms with Crippen LogP contribution in [0.15, 0.2) is 158 Å². The number of hydrogen-bond acceptors (Lipinski definition) is 6. The summed E-state index contributed by atoms with van der Waals surface area (Å²) in [5.74, 6) is 1.40. The van der Waals surface area contributed by atoms with E-state index in [4.69, 9.17) is 18.9 Å². The van der Waals surface area contributed by atoms with Crippen molar-refractivity contribution in [2.24, 2.45) is 0 Å².